The number of piperidine rings is 1. The summed E-state index contributed by atoms with van der Waals surface area (Å²) < 4.78 is 6.29. The van der Waals surface area contributed by atoms with E-state index in [1.165, 1.54) is 5.56 Å². The van der Waals surface area contributed by atoms with Gasteiger partial charge in [0, 0.05) is 19.6 Å². The first-order valence-electron chi connectivity index (χ1n) is 10.5. The van der Waals surface area contributed by atoms with E-state index in [0.717, 1.165) is 68.9 Å². The first-order valence-corrected chi connectivity index (χ1v) is 10.5. The Kier molecular flexibility index (Phi) is 6.42. The van der Waals surface area contributed by atoms with Crippen LogP contribution in [0.25, 0.3) is 0 Å². The number of hydrogen-bond donors (Lipinski definition) is 2. The SMILES string of the molecule is O=C(O)C[C@H](O[C@@H]1CCCN(Cc2ccc3c(n2)NCCC3)C1)c1ccccc1. The minimum atomic E-state index is -0.836. The molecule has 2 N–H and O–H groups in total. The number of carbonyl (C=O) groups is 1. The van der Waals surface area contributed by atoms with Crippen LogP contribution >= 0.6 is 0 Å². The van der Waals surface area contributed by atoms with Crippen molar-refractivity contribution in [2.75, 3.05) is 25.0 Å². The molecule has 154 valence electrons. The number of anilines is 1. The van der Waals surface area contributed by atoms with Crippen molar-refractivity contribution < 1.29 is 14.6 Å². The zero-order valence-corrected chi connectivity index (χ0v) is 16.7. The largest absolute Gasteiger partial charge is 0.481 e. The van der Waals surface area contributed by atoms with Gasteiger partial charge in [-0.15, -0.1) is 0 Å². The summed E-state index contributed by atoms with van der Waals surface area (Å²) in [6.45, 7) is 3.60. The normalized spacial score (nSPS) is 20.5. The number of aliphatic carboxylic acids is 1. The van der Waals surface area contributed by atoms with E-state index >= 15 is 0 Å². The summed E-state index contributed by atoms with van der Waals surface area (Å²) in [5.74, 6) is 0.196. The van der Waals surface area contributed by atoms with Crippen LogP contribution in [-0.4, -0.2) is 46.7 Å². The van der Waals surface area contributed by atoms with Crippen LogP contribution in [0.2, 0.25) is 0 Å². The van der Waals surface area contributed by atoms with Crippen molar-refractivity contribution in [2.45, 2.75) is 50.9 Å². The lowest BCUT2D eigenvalue weighted by Crippen LogP contribution is -2.40. The van der Waals surface area contributed by atoms with Gasteiger partial charge in [0.05, 0.1) is 24.3 Å². The highest BCUT2D eigenvalue weighted by Crippen LogP contribution is 2.27. The van der Waals surface area contributed by atoms with Crippen LogP contribution in [0.3, 0.4) is 0 Å². The molecule has 29 heavy (non-hydrogen) atoms. The smallest absolute Gasteiger partial charge is 0.306 e. The summed E-state index contributed by atoms with van der Waals surface area (Å²) in [6.07, 6.45) is 3.87. The zero-order valence-electron chi connectivity index (χ0n) is 16.7. The molecule has 0 unspecified atom stereocenters. The number of carboxylic acids is 1. The molecule has 6 nitrogen and oxygen atoms in total. The molecular weight excluding hydrogens is 366 g/mol. The molecule has 0 amide bonds. The molecule has 0 radical (unpaired) electrons. The van der Waals surface area contributed by atoms with Crippen LogP contribution in [-0.2, 0) is 22.5 Å². The number of nitrogens with one attached hydrogen (secondary N) is 1. The van der Waals surface area contributed by atoms with E-state index < -0.39 is 12.1 Å². The average molecular weight is 396 g/mol. The lowest BCUT2D eigenvalue weighted by Gasteiger charge is -2.34. The topological polar surface area (TPSA) is 74.7 Å². The van der Waals surface area contributed by atoms with E-state index in [2.05, 4.69) is 22.3 Å². The second-order valence-electron chi connectivity index (χ2n) is 7.97. The number of rotatable bonds is 7. The highest BCUT2D eigenvalue weighted by Gasteiger charge is 2.26. The second-order valence-corrected chi connectivity index (χ2v) is 7.97. The molecule has 1 saturated heterocycles. The Labute approximate surface area is 171 Å². The molecule has 3 heterocycles. The van der Waals surface area contributed by atoms with Gasteiger partial charge in [-0.25, -0.2) is 4.98 Å². The predicted octanol–water partition coefficient (Wildman–Crippen LogP) is 3.64. The van der Waals surface area contributed by atoms with Crippen molar-refractivity contribution in [1.82, 2.24) is 9.88 Å². The Bertz CT molecular complexity index is 827. The molecule has 0 saturated carbocycles. The number of nitrogens with zero attached hydrogens (tertiary/aromatic N) is 2. The zero-order chi connectivity index (χ0) is 20.1. The minimum absolute atomic E-state index is 0.0153. The monoisotopic (exact) mass is 395 g/mol. The van der Waals surface area contributed by atoms with Crippen LogP contribution in [0.5, 0.6) is 0 Å². The number of aromatic nitrogens is 1. The van der Waals surface area contributed by atoms with Crippen LogP contribution in [0.4, 0.5) is 5.82 Å². The number of carboxylic acid groups (broad SMARTS) is 1. The number of benzene rings is 1. The van der Waals surface area contributed by atoms with Gasteiger partial charge >= 0.3 is 5.97 Å². The fraction of sp³-hybridized carbons (Fsp3) is 0.478. The fourth-order valence-electron chi connectivity index (χ4n) is 4.26. The molecule has 2 atom stereocenters. The maximum atomic E-state index is 11.3. The molecule has 0 spiro atoms. The van der Waals surface area contributed by atoms with E-state index in [0.29, 0.717) is 0 Å². The summed E-state index contributed by atoms with van der Waals surface area (Å²) in [5.41, 5.74) is 3.30. The van der Waals surface area contributed by atoms with E-state index in [9.17, 15) is 9.90 Å². The first kappa shape index (κ1) is 19.9. The number of pyridine rings is 1. The van der Waals surface area contributed by atoms with E-state index in [1.54, 1.807) is 0 Å². The van der Waals surface area contributed by atoms with Crippen LogP contribution < -0.4 is 5.32 Å². The summed E-state index contributed by atoms with van der Waals surface area (Å²) in [6, 6.07) is 14.0. The van der Waals surface area contributed by atoms with Crippen LogP contribution in [0.15, 0.2) is 42.5 Å². The molecule has 0 aliphatic carbocycles. The first-order chi connectivity index (χ1) is 14.2. The van der Waals surface area contributed by atoms with Gasteiger partial charge in [-0.05, 0) is 49.4 Å². The number of aryl methyl sites for hydroxylation is 1. The standard InChI is InChI=1S/C23H29N3O3/c27-22(28)14-21(17-6-2-1-3-7-17)29-20-9-5-13-26(16-20)15-19-11-10-18-8-4-12-24-23(18)25-19/h1-3,6-7,10-11,20-21H,4-5,8-9,12-16H2,(H,24,25)(H,27,28)/t20-,21+/m1/s1. The molecule has 0 bridgehead atoms. The van der Waals surface area contributed by atoms with Crippen molar-refractivity contribution in [1.29, 1.82) is 0 Å². The van der Waals surface area contributed by atoms with Crippen molar-refractivity contribution >= 4 is 11.8 Å². The molecule has 2 aliphatic heterocycles. The molecule has 1 aromatic heterocycles. The quantitative estimate of drug-likeness (QED) is 0.746. The van der Waals surface area contributed by atoms with Gasteiger partial charge in [-0.3, -0.25) is 9.69 Å². The number of fused-ring (bicyclic) bond motifs is 1. The van der Waals surface area contributed by atoms with E-state index in [1.807, 2.05) is 30.3 Å². The van der Waals surface area contributed by atoms with Gasteiger partial charge in [0.1, 0.15) is 5.82 Å². The number of likely N-dealkylation sites (tertiary alicyclic amines) is 1. The van der Waals surface area contributed by atoms with Crippen LogP contribution in [0.1, 0.15) is 48.6 Å². The predicted molar refractivity (Wildman–Crippen MR) is 112 cm³/mol. The van der Waals surface area contributed by atoms with Gasteiger partial charge in [-0.1, -0.05) is 36.4 Å². The summed E-state index contributed by atoms with van der Waals surface area (Å²) in [5, 5.41) is 12.7. The van der Waals surface area contributed by atoms with Gasteiger partial charge in [0.2, 0.25) is 0 Å². The molecule has 6 heteroatoms. The van der Waals surface area contributed by atoms with Gasteiger partial charge in [0.15, 0.2) is 0 Å². The molecule has 1 aromatic carbocycles. The van der Waals surface area contributed by atoms with Crippen molar-refractivity contribution in [3.05, 3.63) is 59.3 Å². The summed E-state index contributed by atoms with van der Waals surface area (Å²) in [4.78, 5) is 18.5. The number of ether oxygens (including phenoxy) is 1. The Morgan fingerprint density at radius 3 is 2.93 bits per heavy atom. The number of hydrogen-bond acceptors (Lipinski definition) is 5. The van der Waals surface area contributed by atoms with Crippen molar-refractivity contribution in [2.24, 2.45) is 0 Å². The Morgan fingerprint density at radius 1 is 1.24 bits per heavy atom. The third kappa shape index (κ3) is 5.34. The van der Waals surface area contributed by atoms with E-state index in [-0.39, 0.29) is 12.5 Å². The molecule has 1 fully saturated rings. The average Bonchev–Trinajstić information content (AvgIpc) is 2.74. The van der Waals surface area contributed by atoms with Crippen molar-refractivity contribution in [3.8, 4) is 0 Å². The van der Waals surface area contributed by atoms with Gasteiger partial charge in [0.25, 0.3) is 0 Å². The van der Waals surface area contributed by atoms with Crippen LogP contribution in [0, 0.1) is 0 Å². The summed E-state index contributed by atoms with van der Waals surface area (Å²) >= 11 is 0. The lowest BCUT2D eigenvalue weighted by molar-refractivity contribution is -0.142. The minimum Gasteiger partial charge on any atom is -0.481 e. The second kappa shape index (κ2) is 9.37. The molecular formula is C23H29N3O3. The molecule has 2 aromatic rings. The third-order valence-corrected chi connectivity index (χ3v) is 5.69. The molecule has 2 aliphatic rings. The fourth-order valence-corrected chi connectivity index (χ4v) is 4.26. The highest BCUT2D eigenvalue weighted by molar-refractivity contribution is 5.67. The Morgan fingerprint density at radius 2 is 2.10 bits per heavy atom. The molecule has 4 rings (SSSR count). The summed E-state index contributed by atoms with van der Waals surface area (Å²) in [7, 11) is 0. The highest BCUT2D eigenvalue weighted by atomic mass is 16.5. The van der Waals surface area contributed by atoms with Gasteiger partial charge < -0.3 is 15.2 Å². The van der Waals surface area contributed by atoms with E-state index in [4.69, 9.17) is 9.72 Å². The third-order valence-electron chi connectivity index (χ3n) is 5.69. The Balaban J connectivity index is 1.39. The maximum Gasteiger partial charge on any atom is 0.306 e. The van der Waals surface area contributed by atoms with Crippen molar-refractivity contribution in [3.63, 3.8) is 0 Å². The maximum absolute atomic E-state index is 11.3. The Hall–Kier alpha value is -2.44. The lowest BCUT2D eigenvalue weighted by atomic mass is 10.0. The van der Waals surface area contributed by atoms with Gasteiger partial charge in [-0.2, -0.15) is 0 Å².